The van der Waals surface area contributed by atoms with Gasteiger partial charge in [0.05, 0.1) is 13.7 Å². The molecule has 2 atom stereocenters. The van der Waals surface area contributed by atoms with Crippen LogP contribution in [0.15, 0.2) is 24.3 Å². The molecule has 0 aliphatic carbocycles. The van der Waals surface area contributed by atoms with Gasteiger partial charge in [0, 0.05) is 55.9 Å². The molecule has 3 aliphatic rings. The van der Waals surface area contributed by atoms with Gasteiger partial charge in [-0.25, -0.2) is 4.79 Å². The van der Waals surface area contributed by atoms with Crippen LogP contribution in [0.2, 0.25) is 0 Å². The van der Waals surface area contributed by atoms with Crippen molar-refractivity contribution in [1.82, 2.24) is 9.80 Å². The number of nitrogens with zero attached hydrogens (tertiary/aromatic N) is 3. The van der Waals surface area contributed by atoms with Crippen LogP contribution in [0.5, 0.6) is 5.75 Å². The Hall–Kier alpha value is -2.28. The van der Waals surface area contributed by atoms with Crippen LogP contribution in [0.3, 0.4) is 0 Å². The van der Waals surface area contributed by atoms with E-state index in [9.17, 15) is 9.59 Å². The van der Waals surface area contributed by atoms with Crippen LogP contribution in [0.1, 0.15) is 52.4 Å². The molecule has 3 aliphatic heterocycles. The SMILES string of the molecule is CCOC(=O)N1C2CCC1CC(N1CCC(N(C(C)=O)c3cccc(OC)c3)CC1)C2. The zero-order valence-corrected chi connectivity index (χ0v) is 19.0. The zero-order valence-electron chi connectivity index (χ0n) is 19.0. The van der Waals surface area contributed by atoms with Crippen molar-refractivity contribution in [1.29, 1.82) is 0 Å². The van der Waals surface area contributed by atoms with Gasteiger partial charge < -0.3 is 24.2 Å². The number of amides is 2. The quantitative estimate of drug-likeness (QED) is 0.715. The largest absolute Gasteiger partial charge is 0.497 e. The van der Waals surface area contributed by atoms with Crippen molar-refractivity contribution in [2.75, 3.05) is 31.7 Å². The summed E-state index contributed by atoms with van der Waals surface area (Å²) < 4.78 is 10.6. The predicted molar refractivity (Wildman–Crippen MR) is 119 cm³/mol. The molecule has 3 heterocycles. The molecule has 2 bridgehead atoms. The molecule has 0 saturated carbocycles. The van der Waals surface area contributed by atoms with Crippen molar-refractivity contribution in [3.8, 4) is 5.75 Å². The van der Waals surface area contributed by atoms with Gasteiger partial charge in [-0.15, -0.1) is 0 Å². The number of hydrogen-bond donors (Lipinski definition) is 0. The summed E-state index contributed by atoms with van der Waals surface area (Å²) in [6, 6.07) is 9.12. The van der Waals surface area contributed by atoms with Crippen molar-refractivity contribution >= 4 is 17.7 Å². The van der Waals surface area contributed by atoms with E-state index in [2.05, 4.69) is 4.90 Å². The second kappa shape index (κ2) is 9.47. The molecule has 2 unspecified atom stereocenters. The van der Waals surface area contributed by atoms with Gasteiger partial charge in [0.1, 0.15) is 5.75 Å². The van der Waals surface area contributed by atoms with Crippen molar-refractivity contribution in [3.05, 3.63) is 24.3 Å². The molecule has 0 aromatic heterocycles. The molecule has 170 valence electrons. The number of likely N-dealkylation sites (tertiary alicyclic amines) is 1. The minimum atomic E-state index is -0.137. The summed E-state index contributed by atoms with van der Waals surface area (Å²) in [6.45, 7) is 5.93. The first-order valence-corrected chi connectivity index (χ1v) is 11.6. The normalized spacial score (nSPS) is 26.5. The van der Waals surface area contributed by atoms with Crippen molar-refractivity contribution in [3.63, 3.8) is 0 Å². The standard InChI is InChI=1S/C24H35N3O4/c1-4-31-24(29)27-20-8-9-21(27)15-22(14-20)25-12-10-18(11-13-25)26(17(2)28)19-6-5-7-23(16-19)30-3/h5-7,16,18,20-22H,4,8-15H2,1-3H3. The van der Waals surface area contributed by atoms with E-state index in [-0.39, 0.29) is 18.0 Å². The van der Waals surface area contributed by atoms with Gasteiger partial charge in [-0.2, -0.15) is 0 Å². The number of fused-ring (bicyclic) bond motifs is 2. The maximum absolute atomic E-state index is 12.5. The van der Waals surface area contributed by atoms with Crippen LogP contribution in [0, 0.1) is 0 Å². The van der Waals surface area contributed by atoms with Crippen LogP contribution in [-0.4, -0.2) is 72.8 Å². The van der Waals surface area contributed by atoms with Gasteiger partial charge in [-0.1, -0.05) is 6.07 Å². The fraction of sp³-hybridized carbons (Fsp3) is 0.667. The molecule has 1 aromatic carbocycles. The van der Waals surface area contributed by atoms with Gasteiger partial charge in [-0.05, 0) is 57.6 Å². The fourth-order valence-electron chi connectivity index (χ4n) is 5.86. The van der Waals surface area contributed by atoms with Crippen molar-refractivity contribution in [2.24, 2.45) is 0 Å². The Morgan fingerprint density at radius 3 is 2.32 bits per heavy atom. The highest BCUT2D eigenvalue weighted by Gasteiger charge is 2.46. The number of methoxy groups -OCH3 is 1. The highest BCUT2D eigenvalue weighted by Crippen LogP contribution is 2.39. The van der Waals surface area contributed by atoms with E-state index in [4.69, 9.17) is 9.47 Å². The monoisotopic (exact) mass is 429 g/mol. The minimum absolute atomic E-state index is 0.0764. The topological polar surface area (TPSA) is 62.3 Å². The van der Waals surface area contributed by atoms with Crippen LogP contribution in [-0.2, 0) is 9.53 Å². The lowest BCUT2D eigenvalue weighted by atomic mass is 9.93. The molecule has 3 saturated heterocycles. The van der Waals surface area contributed by atoms with Gasteiger partial charge in [0.15, 0.2) is 0 Å². The molecule has 4 rings (SSSR count). The third-order valence-corrected chi connectivity index (χ3v) is 7.24. The second-order valence-electron chi connectivity index (χ2n) is 8.97. The molecular formula is C24H35N3O4. The molecule has 0 radical (unpaired) electrons. The first-order valence-electron chi connectivity index (χ1n) is 11.6. The van der Waals surface area contributed by atoms with Crippen molar-refractivity contribution < 1.29 is 19.1 Å². The lowest BCUT2D eigenvalue weighted by Crippen LogP contribution is -2.55. The van der Waals surface area contributed by atoms with E-state index in [1.807, 2.05) is 41.0 Å². The van der Waals surface area contributed by atoms with Gasteiger partial charge in [-0.3, -0.25) is 4.79 Å². The summed E-state index contributed by atoms with van der Waals surface area (Å²) >= 11 is 0. The van der Waals surface area contributed by atoms with Crippen molar-refractivity contribution in [2.45, 2.75) is 76.5 Å². The maximum atomic E-state index is 12.5. The molecule has 3 fully saturated rings. The number of anilines is 1. The lowest BCUT2D eigenvalue weighted by molar-refractivity contribution is -0.117. The summed E-state index contributed by atoms with van der Waals surface area (Å²) in [5.74, 6) is 0.845. The summed E-state index contributed by atoms with van der Waals surface area (Å²) in [4.78, 5) is 31.4. The first kappa shape index (κ1) is 21.9. The Balaban J connectivity index is 1.37. The molecule has 7 nitrogen and oxygen atoms in total. The molecule has 7 heteroatoms. The molecule has 31 heavy (non-hydrogen) atoms. The van der Waals surface area contributed by atoms with Gasteiger partial charge in [0.25, 0.3) is 0 Å². The van der Waals surface area contributed by atoms with E-state index in [0.717, 1.165) is 63.1 Å². The Morgan fingerprint density at radius 2 is 1.74 bits per heavy atom. The Bertz CT molecular complexity index is 779. The highest BCUT2D eigenvalue weighted by atomic mass is 16.6. The fourth-order valence-corrected chi connectivity index (χ4v) is 5.86. The highest BCUT2D eigenvalue weighted by molar-refractivity contribution is 5.92. The summed E-state index contributed by atoms with van der Waals surface area (Å²) in [5, 5.41) is 0. The second-order valence-corrected chi connectivity index (χ2v) is 8.97. The van der Waals surface area contributed by atoms with Crippen LogP contribution >= 0.6 is 0 Å². The first-order chi connectivity index (χ1) is 15.0. The number of rotatable bonds is 5. The number of carbonyl (C=O) groups excluding carboxylic acids is 2. The predicted octanol–water partition coefficient (Wildman–Crippen LogP) is 3.66. The summed E-state index contributed by atoms with van der Waals surface area (Å²) in [6.07, 6.45) is 6.03. The number of carbonyl (C=O) groups is 2. The maximum Gasteiger partial charge on any atom is 0.410 e. The average molecular weight is 430 g/mol. The van der Waals surface area contributed by atoms with E-state index >= 15 is 0 Å². The molecule has 2 amide bonds. The third kappa shape index (κ3) is 4.52. The number of piperidine rings is 2. The smallest absolute Gasteiger partial charge is 0.410 e. The van der Waals surface area contributed by atoms with Gasteiger partial charge >= 0.3 is 6.09 Å². The van der Waals surface area contributed by atoms with Gasteiger partial charge in [0.2, 0.25) is 5.91 Å². The summed E-state index contributed by atoms with van der Waals surface area (Å²) in [5.41, 5.74) is 0.908. The number of ether oxygens (including phenoxy) is 2. The van der Waals surface area contributed by atoms with E-state index in [0.29, 0.717) is 24.7 Å². The van der Waals surface area contributed by atoms with E-state index in [1.165, 1.54) is 0 Å². The molecular weight excluding hydrogens is 394 g/mol. The van der Waals surface area contributed by atoms with E-state index in [1.54, 1.807) is 14.0 Å². The Kier molecular flexibility index (Phi) is 6.70. The van der Waals surface area contributed by atoms with Crippen LogP contribution in [0.25, 0.3) is 0 Å². The summed E-state index contributed by atoms with van der Waals surface area (Å²) in [7, 11) is 1.65. The lowest BCUT2D eigenvalue weighted by Gasteiger charge is -2.46. The van der Waals surface area contributed by atoms with Crippen LogP contribution in [0.4, 0.5) is 10.5 Å². The number of hydrogen-bond acceptors (Lipinski definition) is 5. The zero-order chi connectivity index (χ0) is 22.0. The molecule has 1 aromatic rings. The third-order valence-electron chi connectivity index (χ3n) is 7.24. The van der Waals surface area contributed by atoms with Crippen LogP contribution < -0.4 is 9.64 Å². The molecule has 0 spiro atoms. The van der Waals surface area contributed by atoms with E-state index < -0.39 is 0 Å². The Labute approximate surface area is 185 Å². The minimum Gasteiger partial charge on any atom is -0.497 e. The Morgan fingerprint density at radius 1 is 1.06 bits per heavy atom. The average Bonchev–Trinajstić information content (AvgIpc) is 3.04. The number of benzene rings is 1. The molecule has 0 N–H and O–H groups in total.